The van der Waals surface area contributed by atoms with Crippen LogP contribution in [0.15, 0.2) is 30.5 Å². The number of nitrogens with one attached hydrogen (secondary N) is 1. The third-order valence-electron chi connectivity index (χ3n) is 7.26. The molecular weight excluding hydrogens is 536 g/mol. The molecule has 4 heterocycles. The minimum atomic E-state index is -1.22. The first kappa shape index (κ1) is 26.7. The summed E-state index contributed by atoms with van der Waals surface area (Å²) in [5, 5.41) is 23.8. The first-order chi connectivity index (χ1) is 18.1. The summed E-state index contributed by atoms with van der Waals surface area (Å²) in [7, 11) is 0. The summed E-state index contributed by atoms with van der Waals surface area (Å²) < 4.78 is 30.1. The molecule has 202 valence electrons. The number of aliphatic hydroxyl groups is 1. The predicted octanol–water partition coefficient (Wildman–Crippen LogP) is 4.61. The summed E-state index contributed by atoms with van der Waals surface area (Å²) in [6.07, 6.45) is 1.60. The van der Waals surface area contributed by atoms with E-state index in [-0.39, 0.29) is 48.8 Å². The Bertz CT molecular complexity index is 1340. The van der Waals surface area contributed by atoms with E-state index >= 15 is 4.39 Å². The van der Waals surface area contributed by atoms with Gasteiger partial charge in [0.2, 0.25) is 0 Å². The van der Waals surface area contributed by atoms with Gasteiger partial charge in [-0.1, -0.05) is 23.7 Å². The lowest BCUT2D eigenvalue weighted by Crippen LogP contribution is -2.51. The zero-order valence-corrected chi connectivity index (χ0v) is 22.3. The highest BCUT2D eigenvalue weighted by Crippen LogP contribution is 2.39. The fourth-order valence-corrected chi connectivity index (χ4v) is 5.86. The van der Waals surface area contributed by atoms with Gasteiger partial charge in [-0.25, -0.2) is 18.7 Å². The smallest absolute Gasteiger partial charge is 0.310 e. The van der Waals surface area contributed by atoms with Crippen LogP contribution in [0.3, 0.4) is 0 Å². The summed E-state index contributed by atoms with van der Waals surface area (Å²) in [6.45, 7) is 3.61. The van der Waals surface area contributed by atoms with Crippen LogP contribution in [0.25, 0.3) is 0 Å². The molecule has 12 heteroatoms. The van der Waals surface area contributed by atoms with Gasteiger partial charge in [-0.2, -0.15) is 0 Å². The highest BCUT2D eigenvalue weighted by atomic mass is 35.5. The first-order valence-corrected chi connectivity index (χ1v) is 13.5. The first-order valence-electron chi connectivity index (χ1n) is 12.3. The lowest BCUT2D eigenvalue weighted by atomic mass is 9.74. The van der Waals surface area contributed by atoms with Crippen LogP contribution in [-0.2, 0) is 17.8 Å². The molecule has 8 nitrogen and oxygen atoms in total. The summed E-state index contributed by atoms with van der Waals surface area (Å²) >= 11 is 7.33. The van der Waals surface area contributed by atoms with Gasteiger partial charge in [0.25, 0.3) is 0 Å². The lowest BCUT2D eigenvalue weighted by Gasteiger charge is -2.40. The third kappa shape index (κ3) is 5.47. The fraction of sp³-hybridized carbons (Fsp3) is 0.423. The summed E-state index contributed by atoms with van der Waals surface area (Å²) in [5.74, 6) is -1.70. The van der Waals surface area contributed by atoms with Gasteiger partial charge in [0, 0.05) is 48.8 Å². The molecule has 3 aromatic rings. The van der Waals surface area contributed by atoms with Crippen LogP contribution < -0.4 is 10.2 Å². The molecule has 0 amide bonds. The van der Waals surface area contributed by atoms with E-state index in [1.807, 2.05) is 11.8 Å². The van der Waals surface area contributed by atoms with Crippen LogP contribution in [0.2, 0.25) is 5.02 Å². The summed E-state index contributed by atoms with van der Waals surface area (Å²) in [5.41, 5.74) is -0.452. The molecule has 2 fully saturated rings. The number of aryl methyl sites for hydroxylation is 1. The minimum Gasteiger partial charge on any atom is -0.481 e. The second kappa shape index (κ2) is 10.7. The molecule has 0 radical (unpaired) electrons. The molecule has 38 heavy (non-hydrogen) atoms. The fourth-order valence-electron chi connectivity index (χ4n) is 4.99. The number of likely N-dealkylation sites (tertiary alicyclic amines) is 1. The Labute approximate surface area is 227 Å². The van der Waals surface area contributed by atoms with Crippen molar-refractivity contribution in [2.45, 2.75) is 38.8 Å². The van der Waals surface area contributed by atoms with Gasteiger partial charge in [-0.15, -0.1) is 11.3 Å². The molecule has 2 aliphatic rings. The number of anilines is 3. The zero-order chi connectivity index (χ0) is 27.0. The number of hydrogen-bond acceptors (Lipinski definition) is 8. The Hall–Kier alpha value is -2.86. The molecule has 0 unspecified atom stereocenters. The minimum absolute atomic E-state index is 0.0490. The van der Waals surface area contributed by atoms with Crippen LogP contribution in [0.1, 0.15) is 29.0 Å². The van der Waals surface area contributed by atoms with Gasteiger partial charge in [0.1, 0.15) is 11.6 Å². The largest absolute Gasteiger partial charge is 0.481 e. The second-order valence-electron chi connectivity index (χ2n) is 10.00. The number of thiazole rings is 1. The van der Waals surface area contributed by atoms with Crippen LogP contribution in [0.5, 0.6) is 0 Å². The number of carbonyl (C=O) groups is 1. The van der Waals surface area contributed by atoms with Crippen LogP contribution in [0, 0.1) is 24.0 Å². The number of nitrogens with zero attached hydrogens (tertiary/aromatic N) is 4. The SMILES string of the molecule is Cc1cnc(Nc2cc(N3CC(O)C3)c(F)c(CC3(C(=O)O)CCN(Cc4cccc(Cl)c4F)CC3)n2)s1. The van der Waals surface area contributed by atoms with E-state index in [0.29, 0.717) is 36.1 Å². The van der Waals surface area contributed by atoms with E-state index in [0.717, 1.165) is 4.88 Å². The number of hydrogen-bond donors (Lipinski definition) is 3. The van der Waals surface area contributed by atoms with Gasteiger partial charge in [-0.05, 0) is 38.9 Å². The third-order valence-corrected chi connectivity index (χ3v) is 8.38. The number of carboxylic acids is 1. The number of rotatable bonds is 8. The molecule has 0 atom stereocenters. The normalized spacial score (nSPS) is 17.9. The van der Waals surface area contributed by atoms with Gasteiger partial charge in [0.05, 0.1) is 27.9 Å². The molecule has 2 aromatic heterocycles. The van der Waals surface area contributed by atoms with Crippen molar-refractivity contribution in [3.8, 4) is 0 Å². The highest BCUT2D eigenvalue weighted by molar-refractivity contribution is 7.15. The quantitative estimate of drug-likeness (QED) is 0.365. The van der Waals surface area contributed by atoms with Crippen molar-refractivity contribution in [2.75, 3.05) is 36.4 Å². The summed E-state index contributed by atoms with van der Waals surface area (Å²) in [6, 6.07) is 6.40. The number of piperidine rings is 1. The number of aliphatic hydroxyl groups excluding tert-OH is 1. The van der Waals surface area contributed by atoms with E-state index in [1.165, 1.54) is 17.4 Å². The topological polar surface area (TPSA) is 102 Å². The number of benzene rings is 1. The number of β-amino-alcohol motifs (C(OH)–C–C–N with tert-alkyl or cyclic N) is 1. The molecule has 0 aliphatic carbocycles. The number of aromatic nitrogens is 2. The van der Waals surface area contributed by atoms with Crippen LogP contribution >= 0.6 is 22.9 Å². The van der Waals surface area contributed by atoms with Crippen molar-refractivity contribution in [2.24, 2.45) is 5.41 Å². The van der Waals surface area contributed by atoms with Crippen molar-refractivity contribution in [3.63, 3.8) is 0 Å². The molecule has 5 rings (SSSR count). The monoisotopic (exact) mass is 563 g/mol. The highest BCUT2D eigenvalue weighted by Gasteiger charge is 2.43. The van der Waals surface area contributed by atoms with Gasteiger partial charge in [-0.3, -0.25) is 9.69 Å². The van der Waals surface area contributed by atoms with E-state index in [2.05, 4.69) is 15.3 Å². The van der Waals surface area contributed by atoms with Crippen molar-refractivity contribution in [3.05, 3.63) is 63.3 Å². The number of pyridine rings is 1. The van der Waals surface area contributed by atoms with Crippen LogP contribution in [0.4, 0.5) is 25.4 Å². The number of halogens is 3. The van der Waals surface area contributed by atoms with E-state index in [1.54, 1.807) is 29.3 Å². The van der Waals surface area contributed by atoms with Crippen molar-refractivity contribution in [1.82, 2.24) is 14.9 Å². The Balaban J connectivity index is 1.38. The van der Waals surface area contributed by atoms with E-state index in [4.69, 9.17) is 11.6 Å². The average Bonchev–Trinajstić information content (AvgIpc) is 3.27. The standard InChI is InChI=1S/C26H28ClF2N5O3S/c1-15-11-30-25(38-15)32-21-9-20(34-13-17(35)14-34)23(29)19(31-21)10-26(24(36)37)5-7-33(8-6-26)12-16-3-2-4-18(27)22(16)28/h2-4,9,11,17,35H,5-8,10,12-14H2,1H3,(H,36,37)(H,30,31,32). The zero-order valence-electron chi connectivity index (χ0n) is 20.8. The number of carboxylic acid groups (broad SMARTS) is 1. The van der Waals surface area contributed by atoms with Gasteiger partial charge in [0.15, 0.2) is 10.9 Å². The second-order valence-corrected chi connectivity index (χ2v) is 11.6. The van der Waals surface area contributed by atoms with E-state index in [9.17, 15) is 19.4 Å². The maximum atomic E-state index is 15.7. The average molecular weight is 564 g/mol. The van der Waals surface area contributed by atoms with Crippen LogP contribution in [-0.4, -0.2) is 63.3 Å². The molecule has 3 N–H and O–H groups in total. The molecule has 0 spiro atoms. The Morgan fingerprint density at radius 3 is 2.63 bits per heavy atom. The molecule has 0 bridgehead atoms. The summed E-state index contributed by atoms with van der Waals surface area (Å²) in [4.78, 5) is 26.0. The van der Waals surface area contributed by atoms with Crippen molar-refractivity contribution >= 4 is 45.5 Å². The molecular formula is C26H28ClF2N5O3S. The van der Waals surface area contributed by atoms with Crippen molar-refractivity contribution < 1.29 is 23.8 Å². The number of aliphatic carboxylic acids is 1. The Morgan fingerprint density at radius 2 is 2.00 bits per heavy atom. The molecule has 2 saturated heterocycles. The molecule has 0 saturated carbocycles. The Kier molecular flexibility index (Phi) is 7.54. The maximum absolute atomic E-state index is 15.7. The van der Waals surface area contributed by atoms with Gasteiger partial charge >= 0.3 is 5.97 Å². The molecule has 2 aliphatic heterocycles. The van der Waals surface area contributed by atoms with Crippen molar-refractivity contribution in [1.29, 1.82) is 0 Å². The maximum Gasteiger partial charge on any atom is 0.310 e. The van der Waals surface area contributed by atoms with Gasteiger partial charge < -0.3 is 20.4 Å². The van der Waals surface area contributed by atoms with E-state index < -0.39 is 29.1 Å². The Morgan fingerprint density at radius 1 is 1.26 bits per heavy atom. The predicted molar refractivity (Wildman–Crippen MR) is 142 cm³/mol. The lowest BCUT2D eigenvalue weighted by molar-refractivity contribution is -0.152. The molecule has 1 aromatic carbocycles.